The Morgan fingerprint density at radius 3 is 2.14 bits per heavy atom. The second-order valence-corrected chi connectivity index (χ2v) is 3.28. The minimum absolute atomic E-state index is 0.148. The van der Waals surface area contributed by atoms with Crippen molar-refractivity contribution in [3.8, 4) is 0 Å². The molecule has 0 saturated heterocycles. The summed E-state index contributed by atoms with van der Waals surface area (Å²) in [7, 11) is 0. The van der Waals surface area contributed by atoms with Crippen molar-refractivity contribution < 1.29 is 19.5 Å². The predicted octanol–water partition coefficient (Wildman–Crippen LogP) is 1.57. The van der Waals surface area contributed by atoms with Gasteiger partial charge in [0.25, 0.3) is 0 Å². The summed E-state index contributed by atoms with van der Waals surface area (Å²) in [5.74, 6) is -1.82. The van der Waals surface area contributed by atoms with E-state index in [0.717, 1.165) is 19.3 Å². The van der Waals surface area contributed by atoms with E-state index in [1.54, 1.807) is 0 Å². The van der Waals surface area contributed by atoms with Crippen molar-refractivity contribution in [2.24, 2.45) is 0 Å². The summed E-state index contributed by atoms with van der Waals surface area (Å²) >= 11 is 0. The van der Waals surface area contributed by atoms with E-state index in [4.69, 9.17) is 5.11 Å². The number of carbonyl (C=O) groups excluding carboxylic acids is 2. The zero-order valence-corrected chi connectivity index (χ0v) is 8.41. The first-order chi connectivity index (χ1) is 6.56. The van der Waals surface area contributed by atoms with Crippen molar-refractivity contribution in [1.82, 2.24) is 0 Å². The minimum Gasteiger partial charge on any atom is -0.481 e. The molecule has 0 unspecified atom stereocenters. The fourth-order valence-electron chi connectivity index (χ4n) is 1.11. The van der Waals surface area contributed by atoms with Crippen molar-refractivity contribution >= 4 is 17.5 Å². The Morgan fingerprint density at radius 2 is 1.64 bits per heavy atom. The van der Waals surface area contributed by atoms with Crippen LogP contribution in [0.15, 0.2) is 0 Å². The average molecular weight is 200 g/mol. The summed E-state index contributed by atoms with van der Waals surface area (Å²) in [6.07, 6.45) is 2.40. The zero-order chi connectivity index (χ0) is 11.0. The quantitative estimate of drug-likeness (QED) is 0.477. The van der Waals surface area contributed by atoms with Gasteiger partial charge >= 0.3 is 5.97 Å². The van der Waals surface area contributed by atoms with Crippen LogP contribution in [0, 0.1) is 0 Å². The maximum Gasteiger partial charge on any atom is 0.310 e. The van der Waals surface area contributed by atoms with E-state index < -0.39 is 18.2 Å². The molecule has 1 N–H and O–H groups in total. The first-order valence-electron chi connectivity index (χ1n) is 4.81. The summed E-state index contributed by atoms with van der Waals surface area (Å²) in [6, 6.07) is 0. The molecule has 0 fully saturated rings. The molecule has 0 aliphatic carbocycles. The molecule has 0 rings (SSSR count). The third-order valence-corrected chi connectivity index (χ3v) is 1.80. The lowest BCUT2D eigenvalue weighted by Gasteiger charge is -1.98. The average Bonchev–Trinajstić information content (AvgIpc) is 2.02. The summed E-state index contributed by atoms with van der Waals surface area (Å²) in [5, 5.41) is 8.28. The van der Waals surface area contributed by atoms with E-state index in [1.807, 2.05) is 6.92 Å². The van der Waals surface area contributed by atoms with E-state index in [-0.39, 0.29) is 12.2 Å². The SMILES string of the molecule is CCCCCC(=O)CC(=O)CC(=O)O. The molecule has 0 bridgehead atoms. The molecule has 0 spiro atoms. The lowest BCUT2D eigenvalue weighted by atomic mass is 10.1. The van der Waals surface area contributed by atoms with Gasteiger partial charge < -0.3 is 5.11 Å². The second-order valence-electron chi connectivity index (χ2n) is 3.28. The Kier molecular flexibility index (Phi) is 6.62. The number of hydrogen-bond acceptors (Lipinski definition) is 3. The highest BCUT2D eigenvalue weighted by molar-refractivity contribution is 6.05. The molecule has 0 aromatic rings. The smallest absolute Gasteiger partial charge is 0.310 e. The van der Waals surface area contributed by atoms with Gasteiger partial charge in [0, 0.05) is 6.42 Å². The van der Waals surface area contributed by atoms with Crippen LogP contribution in [-0.4, -0.2) is 22.6 Å². The largest absolute Gasteiger partial charge is 0.481 e. The standard InChI is InChI=1S/C10H16O4/c1-2-3-4-5-8(11)6-9(12)7-10(13)14/h2-7H2,1H3,(H,13,14). The number of carboxylic acids is 1. The first-order valence-corrected chi connectivity index (χ1v) is 4.81. The van der Waals surface area contributed by atoms with Gasteiger partial charge in [-0.3, -0.25) is 14.4 Å². The Morgan fingerprint density at radius 1 is 1.00 bits per heavy atom. The monoisotopic (exact) mass is 200 g/mol. The highest BCUT2D eigenvalue weighted by atomic mass is 16.4. The molecule has 0 amide bonds. The number of carboxylic acid groups (broad SMARTS) is 1. The molecular formula is C10H16O4. The van der Waals surface area contributed by atoms with Crippen molar-refractivity contribution in [2.75, 3.05) is 0 Å². The zero-order valence-electron chi connectivity index (χ0n) is 8.41. The third kappa shape index (κ3) is 7.46. The molecule has 0 atom stereocenters. The van der Waals surface area contributed by atoms with Gasteiger partial charge in [-0.25, -0.2) is 0 Å². The van der Waals surface area contributed by atoms with E-state index in [9.17, 15) is 14.4 Å². The molecule has 0 aromatic carbocycles. The van der Waals surface area contributed by atoms with Gasteiger partial charge in [-0.1, -0.05) is 19.8 Å². The van der Waals surface area contributed by atoms with E-state index in [0.29, 0.717) is 6.42 Å². The van der Waals surface area contributed by atoms with Crippen molar-refractivity contribution in [3.05, 3.63) is 0 Å². The predicted molar refractivity (Wildman–Crippen MR) is 51.0 cm³/mol. The summed E-state index contributed by atoms with van der Waals surface area (Å²) in [5.41, 5.74) is 0. The highest BCUT2D eigenvalue weighted by Gasteiger charge is 2.12. The van der Waals surface area contributed by atoms with Gasteiger partial charge in [-0.15, -0.1) is 0 Å². The van der Waals surface area contributed by atoms with Crippen LogP contribution in [-0.2, 0) is 14.4 Å². The lowest BCUT2D eigenvalue weighted by Crippen LogP contribution is -2.11. The number of carbonyl (C=O) groups is 3. The maximum atomic E-state index is 11.1. The number of rotatable bonds is 8. The number of ketones is 2. The normalized spacial score (nSPS) is 9.79. The lowest BCUT2D eigenvalue weighted by molar-refractivity contribution is -0.140. The molecule has 0 heterocycles. The van der Waals surface area contributed by atoms with Crippen LogP contribution in [0.2, 0.25) is 0 Å². The molecular weight excluding hydrogens is 184 g/mol. The molecule has 0 radical (unpaired) electrons. The summed E-state index contributed by atoms with van der Waals surface area (Å²) < 4.78 is 0. The van der Waals surface area contributed by atoms with Crippen LogP contribution in [0.3, 0.4) is 0 Å². The molecule has 0 aliphatic heterocycles. The summed E-state index contributed by atoms with van der Waals surface area (Å²) in [6.45, 7) is 2.03. The molecule has 80 valence electrons. The van der Waals surface area contributed by atoms with Gasteiger partial charge in [-0.05, 0) is 6.42 Å². The Bertz CT molecular complexity index is 220. The Hall–Kier alpha value is -1.19. The molecule has 0 aliphatic rings. The summed E-state index contributed by atoms with van der Waals surface area (Å²) in [4.78, 5) is 32.1. The van der Waals surface area contributed by atoms with Gasteiger partial charge in [-0.2, -0.15) is 0 Å². The Labute approximate surface area is 83.3 Å². The van der Waals surface area contributed by atoms with Crippen LogP contribution in [0.5, 0.6) is 0 Å². The number of hydrogen-bond donors (Lipinski definition) is 1. The van der Waals surface area contributed by atoms with Crippen LogP contribution in [0.4, 0.5) is 0 Å². The first kappa shape index (κ1) is 12.8. The highest BCUT2D eigenvalue weighted by Crippen LogP contribution is 2.03. The minimum atomic E-state index is -1.17. The molecule has 0 saturated carbocycles. The van der Waals surface area contributed by atoms with Crippen LogP contribution < -0.4 is 0 Å². The van der Waals surface area contributed by atoms with Gasteiger partial charge in [0.1, 0.15) is 12.2 Å². The van der Waals surface area contributed by atoms with Crippen LogP contribution >= 0.6 is 0 Å². The molecule has 14 heavy (non-hydrogen) atoms. The van der Waals surface area contributed by atoms with Gasteiger partial charge in [0.15, 0.2) is 5.78 Å². The maximum absolute atomic E-state index is 11.1. The Balaban J connectivity index is 3.61. The third-order valence-electron chi connectivity index (χ3n) is 1.80. The topological polar surface area (TPSA) is 71.4 Å². The van der Waals surface area contributed by atoms with Crippen molar-refractivity contribution in [3.63, 3.8) is 0 Å². The van der Waals surface area contributed by atoms with E-state index >= 15 is 0 Å². The van der Waals surface area contributed by atoms with Gasteiger partial charge in [0.05, 0.1) is 6.42 Å². The number of aliphatic carboxylic acids is 1. The van der Waals surface area contributed by atoms with E-state index in [1.165, 1.54) is 0 Å². The fraction of sp³-hybridized carbons (Fsp3) is 0.700. The van der Waals surface area contributed by atoms with Crippen molar-refractivity contribution in [2.45, 2.75) is 45.4 Å². The number of Topliss-reactive ketones (excluding diaryl/α,β-unsaturated/α-hetero) is 2. The van der Waals surface area contributed by atoms with Crippen LogP contribution in [0.25, 0.3) is 0 Å². The molecule has 4 heteroatoms. The van der Waals surface area contributed by atoms with Crippen LogP contribution in [0.1, 0.15) is 45.4 Å². The molecule has 4 nitrogen and oxygen atoms in total. The number of unbranched alkanes of at least 4 members (excludes halogenated alkanes) is 2. The second kappa shape index (κ2) is 7.24. The molecule has 0 aromatic heterocycles. The van der Waals surface area contributed by atoms with Crippen molar-refractivity contribution in [1.29, 1.82) is 0 Å². The van der Waals surface area contributed by atoms with Gasteiger partial charge in [0.2, 0.25) is 0 Å². The van der Waals surface area contributed by atoms with E-state index in [2.05, 4.69) is 0 Å². The fourth-order valence-corrected chi connectivity index (χ4v) is 1.11.